The van der Waals surface area contributed by atoms with Crippen molar-refractivity contribution in [2.75, 3.05) is 19.7 Å². The summed E-state index contributed by atoms with van der Waals surface area (Å²) >= 11 is 0. The van der Waals surface area contributed by atoms with Gasteiger partial charge in [-0.25, -0.2) is 0 Å². The zero-order chi connectivity index (χ0) is 19.5. The summed E-state index contributed by atoms with van der Waals surface area (Å²) in [5, 5.41) is 3.03. The highest BCUT2D eigenvalue weighted by Crippen LogP contribution is 2.13. The summed E-state index contributed by atoms with van der Waals surface area (Å²) in [6, 6.07) is 16.4. The van der Waals surface area contributed by atoms with E-state index < -0.39 is 0 Å². The van der Waals surface area contributed by atoms with E-state index in [-0.39, 0.29) is 5.91 Å². The molecule has 1 N–H and O–H groups in total. The molecule has 0 saturated heterocycles. The molecular weight excluding hydrogens is 336 g/mol. The maximum Gasteiger partial charge on any atom is 0.220 e. The number of benzene rings is 2. The molecule has 0 aliphatic rings. The highest BCUT2D eigenvalue weighted by Gasteiger charge is 2.05. The number of hydrogen-bond donors (Lipinski definition) is 1. The van der Waals surface area contributed by atoms with E-state index in [1.807, 2.05) is 31.2 Å². The molecule has 0 spiro atoms. The van der Waals surface area contributed by atoms with Crippen molar-refractivity contribution in [2.45, 2.75) is 46.7 Å². The van der Waals surface area contributed by atoms with E-state index in [4.69, 9.17) is 4.74 Å². The van der Waals surface area contributed by atoms with Gasteiger partial charge in [0.05, 0.1) is 6.61 Å². The predicted octanol–water partition coefficient (Wildman–Crippen LogP) is 4.18. The van der Waals surface area contributed by atoms with Crippen molar-refractivity contribution in [2.24, 2.45) is 0 Å². The number of amides is 1. The molecule has 0 aromatic heterocycles. The first-order valence-electron chi connectivity index (χ1n) is 9.93. The highest BCUT2D eigenvalue weighted by atomic mass is 16.5. The topological polar surface area (TPSA) is 41.6 Å². The Bertz CT molecular complexity index is 694. The standard InChI is InChI=1S/C23H32N2O2/c1-4-25(5-2)18-21-9-7-8-20(16-21)17-24-23(26)15-12-19-10-13-22(14-11-19)27-6-3/h7-11,13-14,16H,4-6,12,15,17-18H2,1-3H3,(H,24,26). The van der Waals surface area contributed by atoms with Gasteiger partial charge >= 0.3 is 0 Å². The van der Waals surface area contributed by atoms with Gasteiger partial charge in [-0.2, -0.15) is 0 Å². The van der Waals surface area contributed by atoms with Crippen LogP contribution in [-0.4, -0.2) is 30.5 Å². The first-order valence-corrected chi connectivity index (χ1v) is 9.93. The fourth-order valence-corrected chi connectivity index (χ4v) is 3.01. The van der Waals surface area contributed by atoms with Crippen molar-refractivity contribution < 1.29 is 9.53 Å². The molecule has 0 aliphatic carbocycles. The van der Waals surface area contributed by atoms with Crippen molar-refractivity contribution in [3.05, 3.63) is 65.2 Å². The lowest BCUT2D eigenvalue weighted by atomic mass is 10.1. The summed E-state index contributed by atoms with van der Waals surface area (Å²) in [5.41, 5.74) is 3.59. The fourth-order valence-electron chi connectivity index (χ4n) is 3.01. The van der Waals surface area contributed by atoms with Gasteiger partial charge in [-0.05, 0) is 55.3 Å². The Morgan fingerprint density at radius 2 is 1.67 bits per heavy atom. The van der Waals surface area contributed by atoms with Crippen molar-refractivity contribution in [3.8, 4) is 5.75 Å². The zero-order valence-corrected chi connectivity index (χ0v) is 16.8. The molecule has 0 fully saturated rings. The zero-order valence-electron chi connectivity index (χ0n) is 16.8. The number of carbonyl (C=O) groups excluding carboxylic acids is 1. The molecule has 0 radical (unpaired) electrons. The van der Waals surface area contributed by atoms with Crippen LogP contribution in [0.5, 0.6) is 5.75 Å². The minimum Gasteiger partial charge on any atom is -0.494 e. The number of hydrogen-bond acceptors (Lipinski definition) is 3. The normalized spacial score (nSPS) is 10.8. The fraction of sp³-hybridized carbons (Fsp3) is 0.435. The van der Waals surface area contributed by atoms with Crippen molar-refractivity contribution in [3.63, 3.8) is 0 Å². The number of rotatable bonds is 11. The van der Waals surface area contributed by atoms with Crippen molar-refractivity contribution in [1.82, 2.24) is 10.2 Å². The van der Waals surface area contributed by atoms with Crippen LogP contribution in [0, 0.1) is 0 Å². The van der Waals surface area contributed by atoms with Crippen LogP contribution in [0.1, 0.15) is 43.9 Å². The lowest BCUT2D eigenvalue weighted by molar-refractivity contribution is -0.121. The summed E-state index contributed by atoms with van der Waals surface area (Å²) in [4.78, 5) is 14.6. The molecule has 4 heteroatoms. The van der Waals surface area contributed by atoms with Crippen LogP contribution >= 0.6 is 0 Å². The van der Waals surface area contributed by atoms with Crippen molar-refractivity contribution >= 4 is 5.91 Å². The Morgan fingerprint density at radius 1 is 0.963 bits per heavy atom. The average Bonchev–Trinajstić information content (AvgIpc) is 2.70. The minimum absolute atomic E-state index is 0.0815. The van der Waals surface area contributed by atoms with Crippen LogP contribution in [0.4, 0.5) is 0 Å². The lowest BCUT2D eigenvalue weighted by Gasteiger charge is -2.18. The number of ether oxygens (including phenoxy) is 1. The maximum absolute atomic E-state index is 12.2. The smallest absolute Gasteiger partial charge is 0.220 e. The number of aryl methyl sites for hydroxylation is 1. The molecule has 0 heterocycles. The summed E-state index contributed by atoms with van der Waals surface area (Å²) < 4.78 is 5.44. The molecule has 0 atom stereocenters. The van der Waals surface area contributed by atoms with E-state index >= 15 is 0 Å². The molecule has 2 aromatic rings. The first kappa shape index (κ1) is 21.0. The van der Waals surface area contributed by atoms with E-state index in [9.17, 15) is 4.79 Å². The molecule has 2 aromatic carbocycles. The quantitative estimate of drug-likeness (QED) is 0.647. The monoisotopic (exact) mass is 368 g/mol. The number of nitrogens with zero attached hydrogens (tertiary/aromatic N) is 1. The second-order valence-electron chi connectivity index (χ2n) is 6.64. The van der Waals surface area contributed by atoms with Gasteiger partial charge < -0.3 is 10.1 Å². The molecule has 0 bridgehead atoms. The molecule has 1 amide bonds. The minimum atomic E-state index is 0.0815. The average molecular weight is 369 g/mol. The van der Waals surface area contributed by atoms with Crippen molar-refractivity contribution in [1.29, 1.82) is 0 Å². The van der Waals surface area contributed by atoms with Crippen LogP contribution in [-0.2, 0) is 24.3 Å². The van der Waals surface area contributed by atoms with Crippen LogP contribution in [0.25, 0.3) is 0 Å². The van der Waals surface area contributed by atoms with Gasteiger partial charge in [-0.15, -0.1) is 0 Å². The molecule has 27 heavy (non-hydrogen) atoms. The summed E-state index contributed by atoms with van der Waals surface area (Å²) in [6.07, 6.45) is 1.23. The van der Waals surface area contributed by atoms with Gasteiger partial charge in [-0.3, -0.25) is 9.69 Å². The van der Waals surface area contributed by atoms with E-state index in [2.05, 4.69) is 48.3 Å². The van der Waals surface area contributed by atoms with Gasteiger partial charge in [0.2, 0.25) is 5.91 Å². The summed E-state index contributed by atoms with van der Waals surface area (Å²) in [7, 11) is 0. The molecule has 2 rings (SSSR count). The van der Waals surface area contributed by atoms with Gasteiger partial charge in [0.15, 0.2) is 0 Å². The first-order chi connectivity index (χ1) is 13.1. The Labute approximate surface area is 163 Å². The van der Waals surface area contributed by atoms with E-state index in [1.165, 1.54) is 5.56 Å². The number of nitrogens with one attached hydrogen (secondary N) is 1. The second kappa shape index (κ2) is 11.4. The Balaban J connectivity index is 1.78. The predicted molar refractivity (Wildman–Crippen MR) is 111 cm³/mol. The lowest BCUT2D eigenvalue weighted by Crippen LogP contribution is -2.24. The Kier molecular flexibility index (Phi) is 8.85. The van der Waals surface area contributed by atoms with Gasteiger partial charge in [-0.1, -0.05) is 50.2 Å². The SMILES string of the molecule is CCOc1ccc(CCC(=O)NCc2cccc(CN(CC)CC)c2)cc1. The Morgan fingerprint density at radius 3 is 2.33 bits per heavy atom. The van der Waals surface area contributed by atoms with Gasteiger partial charge in [0.25, 0.3) is 0 Å². The third-order valence-corrected chi connectivity index (χ3v) is 4.66. The molecule has 0 saturated carbocycles. The maximum atomic E-state index is 12.2. The van der Waals surface area contributed by atoms with Gasteiger partial charge in [0.1, 0.15) is 5.75 Å². The molecule has 0 unspecified atom stereocenters. The van der Waals surface area contributed by atoms with Crippen LogP contribution < -0.4 is 10.1 Å². The Hall–Kier alpha value is -2.33. The summed E-state index contributed by atoms with van der Waals surface area (Å²) in [6.45, 7) is 10.6. The van der Waals surface area contributed by atoms with E-state index in [1.54, 1.807) is 0 Å². The molecule has 0 aliphatic heterocycles. The third-order valence-electron chi connectivity index (χ3n) is 4.66. The number of carbonyl (C=O) groups is 1. The second-order valence-corrected chi connectivity index (χ2v) is 6.64. The van der Waals surface area contributed by atoms with Crippen LogP contribution in [0.2, 0.25) is 0 Å². The van der Waals surface area contributed by atoms with E-state index in [0.717, 1.165) is 42.9 Å². The van der Waals surface area contributed by atoms with Gasteiger partial charge in [0, 0.05) is 19.5 Å². The van der Waals surface area contributed by atoms with Crippen LogP contribution in [0.15, 0.2) is 48.5 Å². The molecule has 146 valence electrons. The molecule has 4 nitrogen and oxygen atoms in total. The largest absolute Gasteiger partial charge is 0.494 e. The summed E-state index contributed by atoms with van der Waals surface area (Å²) in [5.74, 6) is 0.952. The highest BCUT2D eigenvalue weighted by molar-refractivity contribution is 5.76. The third kappa shape index (κ3) is 7.43. The molecular formula is C23H32N2O2. The van der Waals surface area contributed by atoms with Crippen LogP contribution in [0.3, 0.4) is 0 Å². The van der Waals surface area contributed by atoms with E-state index in [0.29, 0.717) is 19.6 Å².